The number of fused-ring (bicyclic) bond motifs is 2. The summed E-state index contributed by atoms with van der Waals surface area (Å²) in [4.78, 5) is 21.0. The topological polar surface area (TPSA) is 60.1 Å². The Hall–Kier alpha value is -2.31. The molecule has 0 radical (unpaired) electrons. The van der Waals surface area contributed by atoms with E-state index in [4.69, 9.17) is 11.6 Å². The fourth-order valence-corrected chi connectivity index (χ4v) is 4.09. The minimum absolute atomic E-state index is 0.644. The average Bonchev–Trinajstić information content (AvgIpc) is 3.02. The third kappa shape index (κ3) is 3.03. The summed E-state index contributed by atoms with van der Waals surface area (Å²) >= 11 is 9.74. The first kappa shape index (κ1) is 18.1. The average molecular weight is 444 g/mol. The molecule has 7 heteroatoms. The van der Waals surface area contributed by atoms with Crippen LogP contribution in [-0.2, 0) is 19.0 Å². The van der Waals surface area contributed by atoms with E-state index in [0.717, 1.165) is 32.4 Å². The summed E-state index contributed by atoms with van der Waals surface area (Å²) in [6.07, 6.45) is 7.76. The summed E-state index contributed by atoms with van der Waals surface area (Å²) in [6.45, 7) is 1.81. The zero-order valence-corrected chi connectivity index (χ0v) is 17.1. The molecule has 4 rings (SSSR count). The van der Waals surface area contributed by atoms with Crippen LogP contribution in [-0.4, -0.2) is 14.5 Å². The summed E-state index contributed by atoms with van der Waals surface area (Å²) in [5.41, 5.74) is 4.19. The number of nitrogens with zero attached hydrogens (tertiary/aromatic N) is 4. The number of aryl methyl sites for hydroxylation is 1. The number of benzene rings is 1. The van der Waals surface area contributed by atoms with Crippen molar-refractivity contribution in [1.82, 2.24) is 14.5 Å². The Morgan fingerprint density at radius 2 is 2.11 bits per heavy atom. The molecule has 2 heterocycles. The Morgan fingerprint density at radius 3 is 2.81 bits per heavy atom. The van der Waals surface area contributed by atoms with Crippen molar-refractivity contribution >= 4 is 39.2 Å². The first-order valence-electron chi connectivity index (χ1n) is 8.39. The van der Waals surface area contributed by atoms with Crippen molar-refractivity contribution in [3.05, 3.63) is 85.5 Å². The SMILES string of the molecule is Cn1cncc1C(C)(N=O)C1=Cc2cc(Cl)ccc2Cc2ncc(Br)cc21. The van der Waals surface area contributed by atoms with Crippen LogP contribution >= 0.6 is 27.5 Å². The molecular formula is C20H16BrClN4O. The molecule has 136 valence electrons. The molecule has 0 N–H and O–H groups in total. The van der Waals surface area contributed by atoms with E-state index < -0.39 is 5.54 Å². The largest absolute Gasteiger partial charge is 0.335 e. The van der Waals surface area contributed by atoms with Gasteiger partial charge in [0.1, 0.15) is 0 Å². The van der Waals surface area contributed by atoms with Gasteiger partial charge in [0.25, 0.3) is 0 Å². The zero-order valence-electron chi connectivity index (χ0n) is 14.8. The van der Waals surface area contributed by atoms with Gasteiger partial charge in [-0.1, -0.05) is 22.8 Å². The van der Waals surface area contributed by atoms with Gasteiger partial charge in [0, 0.05) is 34.7 Å². The molecule has 5 nitrogen and oxygen atoms in total. The maximum atomic E-state index is 12.2. The molecule has 0 spiro atoms. The van der Waals surface area contributed by atoms with Crippen LogP contribution in [0, 0.1) is 4.91 Å². The molecule has 27 heavy (non-hydrogen) atoms. The van der Waals surface area contributed by atoms with Crippen molar-refractivity contribution in [2.24, 2.45) is 12.2 Å². The molecule has 1 aliphatic rings. The molecule has 0 bridgehead atoms. The number of pyridine rings is 1. The molecule has 1 atom stereocenters. The third-order valence-corrected chi connectivity index (χ3v) is 5.68. The smallest absolute Gasteiger partial charge is 0.167 e. The summed E-state index contributed by atoms with van der Waals surface area (Å²) in [5.74, 6) is 0. The van der Waals surface area contributed by atoms with Crippen LogP contribution in [0.2, 0.25) is 5.02 Å². The van der Waals surface area contributed by atoms with Crippen molar-refractivity contribution in [3.8, 4) is 0 Å². The molecule has 3 aromatic rings. The van der Waals surface area contributed by atoms with Gasteiger partial charge in [0.2, 0.25) is 0 Å². The highest BCUT2D eigenvalue weighted by atomic mass is 79.9. The molecule has 0 fully saturated rings. The van der Waals surface area contributed by atoms with Gasteiger partial charge in [-0.05, 0) is 63.8 Å². The number of nitroso groups, excluding NO2 is 1. The highest BCUT2D eigenvalue weighted by Gasteiger charge is 2.38. The number of imidazole rings is 1. The van der Waals surface area contributed by atoms with Crippen molar-refractivity contribution < 1.29 is 0 Å². The van der Waals surface area contributed by atoms with E-state index in [1.54, 1.807) is 18.7 Å². The first-order valence-corrected chi connectivity index (χ1v) is 9.56. The third-order valence-electron chi connectivity index (χ3n) is 5.02. The lowest BCUT2D eigenvalue weighted by atomic mass is 9.83. The predicted molar refractivity (Wildman–Crippen MR) is 110 cm³/mol. The number of aromatic nitrogens is 3. The van der Waals surface area contributed by atoms with Crippen LogP contribution in [0.25, 0.3) is 11.6 Å². The van der Waals surface area contributed by atoms with Gasteiger partial charge >= 0.3 is 0 Å². The second-order valence-electron chi connectivity index (χ2n) is 6.78. The first-order chi connectivity index (χ1) is 12.9. The Labute approximate surface area is 170 Å². The van der Waals surface area contributed by atoms with Crippen LogP contribution < -0.4 is 0 Å². The molecule has 0 amide bonds. The molecular weight excluding hydrogens is 428 g/mol. The Morgan fingerprint density at radius 1 is 1.30 bits per heavy atom. The maximum absolute atomic E-state index is 12.2. The van der Waals surface area contributed by atoms with Crippen LogP contribution in [0.1, 0.15) is 35.0 Å². The Bertz CT molecular complexity index is 1090. The highest BCUT2D eigenvalue weighted by molar-refractivity contribution is 9.10. The normalized spacial score (nSPS) is 15.2. The maximum Gasteiger partial charge on any atom is 0.167 e. The van der Waals surface area contributed by atoms with Gasteiger partial charge < -0.3 is 4.57 Å². The van der Waals surface area contributed by atoms with Gasteiger partial charge in [0.05, 0.1) is 23.9 Å². The van der Waals surface area contributed by atoms with E-state index in [0.29, 0.717) is 17.1 Å². The summed E-state index contributed by atoms with van der Waals surface area (Å²) < 4.78 is 2.66. The summed E-state index contributed by atoms with van der Waals surface area (Å²) in [6, 6.07) is 7.77. The summed E-state index contributed by atoms with van der Waals surface area (Å²) in [7, 11) is 1.86. The molecule has 2 aromatic heterocycles. The summed E-state index contributed by atoms with van der Waals surface area (Å²) in [5, 5.41) is 4.20. The van der Waals surface area contributed by atoms with E-state index in [9.17, 15) is 4.91 Å². The minimum atomic E-state index is -1.13. The number of hydrogen-bond donors (Lipinski definition) is 0. The standard InChI is InChI=1S/C20H16BrClN4O/c1-20(25-27,19-10-23-11-26(19)2)17-6-13-5-15(22)4-3-12(13)7-18-16(17)8-14(21)9-24-18/h3-6,8-11H,7H2,1-2H3. The number of rotatable bonds is 3. The molecule has 0 saturated heterocycles. The van der Waals surface area contributed by atoms with Crippen LogP contribution in [0.15, 0.2) is 52.6 Å². The molecule has 0 saturated carbocycles. The van der Waals surface area contributed by atoms with E-state index in [2.05, 4.69) is 31.1 Å². The fraction of sp³-hybridized carbons (Fsp3) is 0.200. The van der Waals surface area contributed by atoms with Crippen molar-refractivity contribution in [1.29, 1.82) is 0 Å². The van der Waals surface area contributed by atoms with Crippen molar-refractivity contribution in [3.63, 3.8) is 0 Å². The van der Waals surface area contributed by atoms with Gasteiger partial charge in [0.15, 0.2) is 5.54 Å². The van der Waals surface area contributed by atoms with Gasteiger partial charge in [-0.3, -0.25) is 4.98 Å². The highest BCUT2D eigenvalue weighted by Crippen LogP contribution is 2.44. The van der Waals surface area contributed by atoms with Crippen molar-refractivity contribution in [2.45, 2.75) is 18.9 Å². The lowest BCUT2D eigenvalue weighted by Gasteiger charge is -2.26. The monoisotopic (exact) mass is 442 g/mol. The lowest BCUT2D eigenvalue weighted by molar-refractivity contribution is 0.593. The van der Waals surface area contributed by atoms with Crippen LogP contribution in [0.3, 0.4) is 0 Å². The quantitative estimate of drug-likeness (QED) is 0.512. The zero-order chi connectivity index (χ0) is 19.2. The van der Waals surface area contributed by atoms with Gasteiger partial charge in [-0.25, -0.2) is 4.98 Å². The van der Waals surface area contributed by atoms with Crippen LogP contribution in [0.5, 0.6) is 0 Å². The Kier molecular flexibility index (Phi) is 4.48. The number of hydrogen-bond acceptors (Lipinski definition) is 4. The van der Waals surface area contributed by atoms with Gasteiger partial charge in [-0.2, -0.15) is 0 Å². The van der Waals surface area contributed by atoms with E-state index >= 15 is 0 Å². The van der Waals surface area contributed by atoms with E-state index in [-0.39, 0.29) is 0 Å². The van der Waals surface area contributed by atoms with E-state index in [1.165, 1.54) is 0 Å². The minimum Gasteiger partial charge on any atom is -0.335 e. The molecule has 1 aliphatic carbocycles. The fourth-order valence-electron chi connectivity index (χ4n) is 3.58. The molecule has 1 unspecified atom stereocenters. The predicted octanol–water partition coefficient (Wildman–Crippen LogP) is 5.36. The molecule has 0 aliphatic heterocycles. The number of halogens is 2. The second kappa shape index (κ2) is 6.69. The second-order valence-corrected chi connectivity index (χ2v) is 8.13. The Balaban J connectivity index is 2.05. The van der Waals surface area contributed by atoms with Gasteiger partial charge in [-0.15, -0.1) is 4.91 Å². The lowest BCUT2D eigenvalue weighted by Crippen LogP contribution is -2.24. The molecule has 1 aromatic carbocycles. The van der Waals surface area contributed by atoms with E-state index in [1.807, 2.05) is 48.9 Å². The van der Waals surface area contributed by atoms with Crippen LogP contribution in [0.4, 0.5) is 0 Å². The van der Waals surface area contributed by atoms with Crippen molar-refractivity contribution in [2.75, 3.05) is 0 Å².